The van der Waals surface area contributed by atoms with Gasteiger partial charge in [-0.15, -0.1) is 5.10 Å². The molecule has 0 radical (unpaired) electrons. The molecule has 37 heavy (non-hydrogen) atoms. The molecule has 188 valence electrons. The lowest BCUT2D eigenvalue weighted by molar-refractivity contribution is 0.0941. The highest BCUT2D eigenvalue weighted by molar-refractivity contribution is 5.91. The monoisotopic (exact) mass is 499 g/mol. The van der Waals surface area contributed by atoms with Crippen molar-refractivity contribution in [3.05, 3.63) is 105 Å². The van der Waals surface area contributed by atoms with Crippen molar-refractivity contribution in [1.29, 1.82) is 0 Å². The van der Waals surface area contributed by atoms with Crippen molar-refractivity contribution in [3.63, 3.8) is 0 Å². The molecule has 5 rings (SSSR count). The van der Waals surface area contributed by atoms with E-state index in [4.69, 9.17) is 4.74 Å². The molecule has 0 aliphatic carbocycles. The number of benzene rings is 3. The SMILES string of the molecule is CCCOc1ccc(CNC(=O)c2nc3c(=O)n(Cc4cccc(F)c4)c4cc(C)ccc4n3n2)cc1. The second kappa shape index (κ2) is 10.2. The number of fused-ring (bicyclic) bond motifs is 3. The van der Waals surface area contributed by atoms with Crippen LogP contribution in [0.2, 0.25) is 0 Å². The van der Waals surface area contributed by atoms with Crippen molar-refractivity contribution in [2.24, 2.45) is 0 Å². The normalized spacial score (nSPS) is 11.2. The van der Waals surface area contributed by atoms with E-state index in [1.165, 1.54) is 21.2 Å². The van der Waals surface area contributed by atoms with E-state index in [2.05, 4.69) is 15.4 Å². The summed E-state index contributed by atoms with van der Waals surface area (Å²) < 4.78 is 22.3. The molecular formula is C28H26FN5O3. The molecule has 2 aromatic heterocycles. The second-order valence-electron chi connectivity index (χ2n) is 8.86. The maximum Gasteiger partial charge on any atom is 0.296 e. The van der Waals surface area contributed by atoms with Gasteiger partial charge in [0.2, 0.25) is 11.5 Å². The van der Waals surface area contributed by atoms with Gasteiger partial charge < -0.3 is 10.1 Å². The third-order valence-corrected chi connectivity index (χ3v) is 5.98. The largest absolute Gasteiger partial charge is 0.494 e. The molecule has 0 spiro atoms. The van der Waals surface area contributed by atoms with Gasteiger partial charge in [-0.1, -0.05) is 37.3 Å². The standard InChI is InChI=1S/C28H26FN5O3/c1-3-13-37-22-10-8-19(9-11-22)16-30-27(35)25-31-26-28(36)33(17-20-5-4-6-21(29)15-20)24-14-18(2)7-12-23(24)34(26)32-25/h4-12,14-15H,3,13,16-17H2,1-2H3,(H,30,35). The Hall–Kier alpha value is -4.53. The van der Waals surface area contributed by atoms with Gasteiger partial charge in [0, 0.05) is 6.54 Å². The zero-order chi connectivity index (χ0) is 25.9. The van der Waals surface area contributed by atoms with Gasteiger partial charge in [0.25, 0.3) is 11.5 Å². The summed E-state index contributed by atoms with van der Waals surface area (Å²) in [5.41, 5.74) is 3.31. The van der Waals surface area contributed by atoms with E-state index in [1.807, 2.05) is 56.3 Å². The first-order valence-electron chi connectivity index (χ1n) is 12.1. The lowest BCUT2D eigenvalue weighted by atomic mass is 10.2. The molecule has 3 aromatic carbocycles. The smallest absolute Gasteiger partial charge is 0.296 e. The highest BCUT2D eigenvalue weighted by Gasteiger charge is 2.19. The number of rotatable bonds is 8. The highest BCUT2D eigenvalue weighted by atomic mass is 19.1. The van der Waals surface area contributed by atoms with Crippen LogP contribution in [0.1, 0.15) is 40.7 Å². The van der Waals surface area contributed by atoms with E-state index < -0.39 is 11.5 Å². The number of halogens is 1. The van der Waals surface area contributed by atoms with Crippen LogP contribution in [-0.2, 0) is 13.1 Å². The second-order valence-corrected chi connectivity index (χ2v) is 8.86. The van der Waals surface area contributed by atoms with Crippen molar-refractivity contribution in [2.75, 3.05) is 6.61 Å². The van der Waals surface area contributed by atoms with Crippen LogP contribution in [0, 0.1) is 12.7 Å². The number of amides is 1. The van der Waals surface area contributed by atoms with Gasteiger partial charge in [0.15, 0.2) is 0 Å². The number of hydrogen-bond acceptors (Lipinski definition) is 5. The minimum atomic E-state index is -0.494. The minimum absolute atomic E-state index is 0.0235. The molecule has 9 heteroatoms. The van der Waals surface area contributed by atoms with Crippen LogP contribution < -0.4 is 15.6 Å². The van der Waals surface area contributed by atoms with Crippen LogP contribution >= 0.6 is 0 Å². The number of aryl methyl sites for hydroxylation is 1. The van der Waals surface area contributed by atoms with Crippen LogP contribution in [0.4, 0.5) is 4.39 Å². The summed E-state index contributed by atoms with van der Waals surface area (Å²) in [7, 11) is 0. The van der Waals surface area contributed by atoms with Crippen LogP contribution in [0.15, 0.2) is 71.5 Å². The van der Waals surface area contributed by atoms with Crippen molar-refractivity contribution < 1.29 is 13.9 Å². The van der Waals surface area contributed by atoms with Gasteiger partial charge in [-0.05, 0) is 66.4 Å². The molecular weight excluding hydrogens is 473 g/mol. The summed E-state index contributed by atoms with van der Waals surface area (Å²) in [5, 5.41) is 7.16. The molecule has 5 aromatic rings. The zero-order valence-electron chi connectivity index (χ0n) is 20.6. The molecule has 2 heterocycles. The predicted octanol–water partition coefficient (Wildman–Crippen LogP) is 4.26. The quantitative estimate of drug-likeness (QED) is 0.345. The lowest BCUT2D eigenvalue weighted by Gasteiger charge is -2.12. The Bertz CT molecular complexity index is 1660. The van der Waals surface area contributed by atoms with E-state index in [-0.39, 0.29) is 30.4 Å². The first kappa shape index (κ1) is 24.2. The Balaban J connectivity index is 1.46. The summed E-state index contributed by atoms with van der Waals surface area (Å²) in [5.74, 6) is -0.205. The van der Waals surface area contributed by atoms with Crippen LogP contribution in [0.5, 0.6) is 5.75 Å². The fraction of sp³-hybridized carbons (Fsp3) is 0.214. The van der Waals surface area contributed by atoms with E-state index >= 15 is 0 Å². The van der Waals surface area contributed by atoms with Crippen LogP contribution in [0.3, 0.4) is 0 Å². The van der Waals surface area contributed by atoms with Gasteiger partial charge in [0.1, 0.15) is 11.6 Å². The maximum atomic E-state index is 13.8. The average molecular weight is 500 g/mol. The Morgan fingerprint density at radius 1 is 1.03 bits per heavy atom. The maximum absolute atomic E-state index is 13.8. The van der Waals surface area contributed by atoms with Crippen molar-refractivity contribution >= 4 is 22.6 Å². The average Bonchev–Trinajstić information content (AvgIpc) is 3.35. The highest BCUT2D eigenvalue weighted by Crippen LogP contribution is 2.18. The van der Waals surface area contributed by atoms with E-state index in [1.54, 1.807) is 12.1 Å². The Morgan fingerprint density at radius 2 is 1.84 bits per heavy atom. The molecule has 0 bridgehead atoms. The van der Waals surface area contributed by atoms with E-state index in [0.717, 1.165) is 23.3 Å². The first-order chi connectivity index (χ1) is 17.9. The molecule has 0 aliphatic rings. The molecule has 1 N–H and O–H groups in total. The van der Waals surface area contributed by atoms with Gasteiger partial charge >= 0.3 is 0 Å². The molecule has 0 aliphatic heterocycles. The number of hydrogen-bond donors (Lipinski definition) is 1. The van der Waals surface area contributed by atoms with Crippen LogP contribution in [0.25, 0.3) is 16.7 Å². The topological polar surface area (TPSA) is 90.5 Å². The van der Waals surface area contributed by atoms with Crippen molar-refractivity contribution in [2.45, 2.75) is 33.4 Å². The number of ether oxygens (including phenoxy) is 1. The molecule has 8 nitrogen and oxygen atoms in total. The summed E-state index contributed by atoms with van der Waals surface area (Å²) in [6.07, 6.45) is 0.925. The number of nitrogens with one attached hydrogen (secondary N) is 1. The Morgan fingerprint density at radius 3 is 2.59 bits per heavy atom. The van der Waals surface area contributed by atoms with Gasteiger partial charge in [0.05, 0.1) is 24.2 Å². The van der Waals surface area contributed by atoms with Gasteiger partial charge in [-0.25, -0.2) is 8.91 Å². The van der Waals surface area contributed by atoms with E-state index in [0.29, 0.717) is 23.2 Å². The van der Waals surface area contributed by atoms with Crippen LogP contribution in [-0.4, -0.2) is 31.7 Å². The third-order valence-electron chi connectivity index (χ3n) is 5.98. The molecule has 1 amide bonds. The summed E-state index contributed by atoms with van der Waals surface area (Å²) in [6, 6.07) is 19.2. The molecule has 0 atom stereocenters. The van der Waals surface area contributed by atoms with Gasteiger partial charge in [-0.3, -0.25) is 14.2 Å². The lowest BCUT2D eigenvalue weighted by Crippen LogP contribution is -2.24. The summed E-state index contributed by atoms with van der Waals surface area (Å²) >= 11 is 0. The third kappa shape index (κ3) is 5.06. The number of aromatic nitrogens is 4. The zero-order valence-corrected chi connectivity index (χ0v) is 20.6. The predicted molar refractivity (Wildman–Crippen MR) is 138 cm³/mol. The van der Waals surface area contributed by atoms with Crippen molar-refractivity contribution in [3.8, 4) is 5.75 Å². The fourth-order valence-corrected chi connectivity index (χ4v) is 4.13. The number of nitrogens with zero attached hydrogens (tertiary/aromatic N) is 4. The van der Waals surface area contributed by atoms with Crippen molar-refractivity contribution in [1.82, 2.24) is 24.5 Å². The summed E-state index contributed by atoms with van der Waals surface area (Å²) in [6.45, 7) is 5.03. The molecule has 0 saturated carbocycles. The minimum Gasteiger partial charge on any atom is -0.494 e. The summed E-state index contributed by atoms with van der Waals surface area (Å²) in [4.78, 5) is 30.6. The first-order valence-corrected chi connectivity index (χ1v) is 12.1. The molecule has 0 fully saturated rings. The van der Waals surface area contributed by atoms with Gasteiger partial charge in [-0.2, -0.15) is 4.98 Å². The fourth-order valence-electron chi connectivity index (χ4n) is 4.13. The number of carbonyl (C=O) groups excluding carboxylic acids is 1. The van der Waals surface area contributed by atoms with E-state index in [9.17, 15) is 14.0 Å². The number of carbonyl (C=O) groups is 1. The Kier molecular flexibility index (Phi) is 6.68. The Labute approximate surface area is 212 Å². The molecule has 0 unspecified atom stereocenters. The molecule has 0 saturated heterocycles.